The fourth-order valence-electron chi connectivity index (χ4n) is 1.97. The lowest BCUT2D eigenvalue weighted by Gasteiger charge is -2.22. The van der Waals surface area contributed by atoms with Gasteiger partial charge in [0.2, 0.25) is 0 Å². The summed E-state index contributed by atoms with van der Waals surface area (Å²) in [6.45, 7) is 2.75. The third-order valence-electron chi connectivity index (χ3n) is 2.80. The first-order valence-electron chi connectivity index (χ1n) is 6.02. The molecule has 126 valence electrons. The van der Waals surface area contributed by atoms with Crippen LogP contribution in [0.5, 0.6) is 0 Å². The summed E-state index contributed by atoms with van der Waals surface area (Å²) in [4.78, 5) is 0. The molecule has 1 rings (SSSR count). The van der Waals surface area contributed by atoms with Crippen LogP contribution in [0.2, 0.25) is 0 Å². The predicted octanol–water partition coefficient (Wildman–Crippen LogP) is 5.94. The molecule has 0 unspecified atom stereocenters. The average Bonchev–Trinajstić information content (AvgIpc) is 2.23. The van der Waals surface area contributed by atoms with Gasteiger partial charge in [-0.25, -0.2) is 0 Å². The molecule has 1 aromatic rings. The Kier molecular flexibility index (Phi) is 4.79. The third kappa shape index (κ3) is 4.30. The molecule has 0 radical (unpaired) electrons. The number of alkyl halides is 9. The quantitative estimate of drug-likeness (QED) is 0.585. The minimum absolute atomic E-state index is 0.271. The van der Waals surface area contributed by atoms with Gasteiger partial charge in [0.1, 0.15) is 0 Å². The fraction of sp³-hybridized carbons (Fsp3) is 0.538. The van der Waals surface area contributed by atoms with Crippen LogP contribution in [0.3, 0.4) is 0 Å². The Hall–Kier alpha value is -1.41. The zero-order chi connectivity index (χ0) is 17.5. The summed E-state index contributed by atoms with van der Waals surface area (Å²) in [6.07, 6.45) is -16.6. The summed E-state index contributed by atoms with van der Waals surface area (Å²) in [5.41, 5.74) is -6.94. The van der Waals surface area contributed by atoms with Crippen LogP contribution in [0.25, 0.3) is 0 Å². The maximum atomic E-state index is 12.9. The minimum Gasteiger partial charge on any atom is -0.166 e. The highest BCUT2D eigenvalue weighted by atomic mass is 19.4. The molecule has 0 saturated carbocycles. The summed E-state index contributed by atoms with van der Waals surface area (Å²) < 4.78 is 115. The van der Waals surface area contributed by atoms with Gasteiger partial charge < -0.3 is 0 Å². The number of hydrogen-bond donors (Lipinski definition) is 0. The van der Waals surface area contributed by atoms with Gasteiger partial charge in [0.05, 0.1) is 16.7 Å². The molecule has 0 N–H and O–H groups in total. The highest BCUT2D eigenvalue weighted by molar-refractivity contribution is 5.43. The fourth-order valence-corrected chi connectivity index (χ4v) is 1.97. The molecule has 9 heteroatoms. The van der Waals surface area contributed by atoms with Crippen molar-refractivity contribution >= 4 is 0 Å². The Morgan fingerprint density at radius 2 is 1.09 bits per heavy atom. The normalized spacial score (nSPS) is 13.8. The molecule has 0 bridgehead atoms. The molecule has 0 aliphatic rings. The molecule has 0 atom stereocenters. The van der Waals surface area contributed by atoms with E-state index < -0.39 is 53.1 Å². The van der Waals surface area contributed by atoms with Gasteiger partial charge in [-0.2, -0.15) is 39.5 Å². The van der Waals surface area contributed by atoms with Gasteiger partial charge >= 0.3 is 18.5 Å². The molecule has 0 aliphatic heterocycles. The van der Waals surface area contributed by atoms with Crippen LogP contribution in [0.15, 0.2) is 12.1 Å². The van der Waals surface area contributed by atoms with Gasteiger partial charge in [0.15, 0.2) is 0 Å². The molecule has 22 heavy (non-hydrogen) atoms. The van der Waals surface area contributed by atoms with Gasteiger partial charge in [-0.1, -0.05) is 13.8 Å². The summed E-state index contributed by atoms with van der Waals surface area (Å²) in [5, 5.41) is 0. The Labute approximate surface area is 119 Å². The van der Waals surface area contributed by atoms with Crippen LogP contribution in [-0.2, 0) is 24.9 Å². The van der Waals surface area contributed by atoms with E-state index in [2.05, 4.69) is 0 Å². The summed E-state index contributed by atoms with van der Waals surface area (Å²) in [7, 11) is 0. The zero-order valence-corrected chi connectivity index (χ0v) is 11.3. The van der Waals surface area contributed by atoms with E-state index in [4.69, 9.17) is 0 Å². The maximum absolute atomic E-state index is 12.9. The lowest BCUT2D eigenvalue weighted by Crippen LogP contribution is -2.20. The van der Waals surface area contributed by atoms with Crippen LogP contribution in [0.1, 0.15) is 36.1 Å². The monoisotopic (exact) mass is 338 g/mol. The number of hydrogen-bond acceptors (Lipinski definition) is 0. The van der Waals surface area contributed by atoms with Crippen LogP contribution in [0.4, 0.5) is 39.5 Å². The topological polar surface area (TPSA) is 0 Å². The van der Waals surface area contributed by atoms with Crippen molar-refractivity contribution in [2.45, 2.75) is 38.8 Å². The van der Waals surface area contributed by atoms with Gasteiger partial charge in [-0.05, 0) is 30.0 Å². The molecule has 0 nitrogen and oxygen atoms in total. The van der Waals surface area contributed by atoms with E-state index in [1.807, 2.05) is 0 Å². The van der Waals surface area contributed by atoms with Crippen LogP contribution >= 0.6 is 0 Å². The highest BCUT2D eigenvalue weighted by Crippen LogP contribution is 2.44. The van der Waals surface area contributed by atoms with Gasteiger partial charge in [0.25, 0.3) is 0 Å². The second kappa shape index (κ2) is 5.66. The van der Waals surface area contributed by atoms with E-state index in [1.165, 1.54) is 13.8 Å². The van der Waals surface area contributed by atoms with Crippen molar-refractivity contribution < 1.29 is 39.5 Å². The summed E-state index contributed by atoms with van der Waals surface area (Å²) in [5.74, 6) is -0.598. The van der Waals surface area contributed by atoms with Crippen molar-refractivity contribution in [2.24, 2.45) is 5.92 Å². The molecule has 0 spiro atoms. The first-order valence-corrected chi connectivity index (χ1v) is 6.02. The van der Waals surface area contributed by atoms with E-state index in [0.29, 0.717) is 0 Å². The molecular formula is C13H11F9. The predicted molar refractivity (Wildman–Crippen MR) is 60.0 cm³/mol. The third-order valence-corrected chi connectivity index (χ3v) is 2.80. The van der Waals surface area contributed by atoms with Gasteiger partial charge in [-0.3, -0.25) is 0 Å². The van der Waals surface area contributed by atoms with Crippen molar-refractivity contribution in [3.05, 3.63) is 34.4 Å². The molecule has 0 saturated heterocycles. The summed E-state index contributed by atoms with van der Waals surface area (Å²) in [6, 6.07) is -0.542. The highest BCUT2D eigenvalue weighted by Gasteiger charge is 2.44. The van der Waals surface area contributed by atoms with Gasteiger partial charge in [0, 0.05) is 0 Å². The Bertz CT molecular complexity index is 497. The lowest BCUT2D eigenvalue weighted by atomic mass is 9.90. The molecule has 0 amide bonds. The number of rotatable bonds is 2. The van der Waals surface area contributed by atoms with E-state index in [9.17, 15) is 39.5 Å². The Morgan fingerprint density at radius 3 is 1.32 bits per heavy atom. The zero-order valence-electron chi connectivity index (χ0n) is 11.3. The SMILES string of the molecule is CC(C)Cc1c(C(F)(F)F)cc(C(F)(F)F)cc1C(F)(F)F. The number of benzene rings is 1. The Morgan fingerprint density at radius 1 is 0.727 bits per heavy atom. The standard InChI is InChI=1S/C13H11F9/c1-6(2)3-8-9(12(17,18)19)4-7(11(14,15)16)5-10(8)13(20,21)22/h4-6H,3H2,1-2H3. The minimum atomic E-state index is -5.31. The molecule has 0 aliphatic carbocycles. The molecule has 0 fully saturated rings. The first kappa shape index (κ1) is 18.6. The van der Waals surface area contributed by atoms with Crippen molar-refractivity contribution in [2.75, 3.05) is 0 Å². The van der Waals surface area contributed by atoms with Crippen LogP contribution < -0.4 is 0 Å². The van der Waals surface area contributed by atoms with Crippen LogP contribution in [0, 0.1) is 5.92 Å². The second-order valence-corrected chi connectivity index (χ2v) is 5.14. The summed E-state index contributed by atoms with van der Waals surface area (Å²) >= 11 is 0. The van der Waals surface area contributed by atoms with Crippen molar-refractivity contribution in [1.82, 2.24) is 0 Å². The molecule has 0 aromatic heterocycles. The van der Waals surface area contributed by atoms with E-state index in [0.717, 1.165) is 0 Å². The largest absolute Gasteiger partial charge is 0.416 e. The van der Waals surface area contributed by atoms with Crippen molar-refractivity contribution in [3.8, 4) is 0 Å². The number of halogens is 9. The van der Waals surface area contributed by atoms with E-state index in [-0.39, 0.29) is 12.1 Å². The van der Waals surface area contributed by atoms with Crippen molar-refractivity contribution in [1.29, 1.82) is 0 Å². The smallest absolute Gasteiger partial charge is 0.166 e. The first-order chi connectivity index (χ1) is 9.64. The lowest BCUT2D eigenvalue weighted by molar-refractivity contribution is -0.149. The van der Waals surface area contributed by atoms with Crippen LogP contribution in [-0.4, -0.2) is 0 Å². The van der Waals surface area contributed by atoms with E-state index in [1.54, 1.807) is 0 Å². The second-order valence-electron chi connectivity index (χ2n) is 5.14. The molecule has 1 aromatic carbocycles. The van der Waals surface area contributed by atoms with Gasteiger partial charge in [-0.15, -0.1) is 0 Å². The average molecular weight is 338 g/mol. The maximum Gasteiger partial charge on any atom is 0.416 e. The van der Waals surface area contributed by atoms with Crippen molar-refractivity contribution in [3.63, 3.8) is 0 Å². The molecule has 0 heterocycles. The Balaban J connectivity index is 3.78. The van der Waals surface area contributed by atoms with E-state index >= 15 is 0 Å². The molecular weight excluding hydrogens is 327 g/mol.